The topological polar surface area (TPSA) is 58.5 Å². The van der Waals surface area contributed by atoms with Gasteiger partial charge in [-0.05, 0) is 35.6 Å². The lowest BCUT2D eigenvalue weighted by Crippen LogP contribution is -2.43. The number of likely N-dealkylation sites (tertiary alicyclic amines) is 1. The molecule has 148 valence electrons. The highest BCUT2D eigenvalue weighted by Crippen LogP contribution is 2.34. The van der Waals surface area contributed by atoms with Crippen LogP contribution < -0.4 is 0 Å². The fourth-order valence-corrected chi connectivity index (χ4v) is 4.39. The maximum atomic E-state index is 13.0. The Kier molecular flexibility index (Phi) is 5.65. The van der Waals surface area contributed by atoms with Gasteiger partial charge in [-0.25, -0.2) is 0 Å². The van der Waals surface area contributed by atoms with Crippen molar-refractivity contribution >= 4 is 23.0 Å². The van der Waals surface area contributed by atoms with Crippen molar-refractivity contribution in [1.82, 2.24) is 14.9 Å². The summed E-state index contributed by atoms with van der Waals surface area (Å²) in [6.07, 6.45) is 8.66. The van der Waals surface area contributed by atoms with E-state index in [1.807, 2.05) is 35.5 Å². The quantitative estimate of drug-likeness (QED) is 0.640. The molecular formula is C24H26N4O. The predicted octanol–water partition coefficient (Wildman–Crippen LogP) is 3.87. The second-order valence-corrected chi connectivity index (χ2v) is 7.91. The molecular weight excluding hydrogens is 360 g/mol. The Morgan fingerprint density at radius 1 is 1.21 bits per heavy atom. The summed E-state index contributed by atoms with van der Waals surface area (Å²) in [5, 5.41) is 1.16. The van der Waals surface area contributed by atoms with E-state index in [0.29, 0.717) is 18.3 Å². The average Bonchev–Trinajstić information content (AvgIpc) is 2.74. The summed E-state index contributed by atoms with van der Waals surface area (Å²) in [5.41, 5.74) is 4.24. The molecule has 2 aromatic heterocycles. The van der Waals surface area contributed by atoms with E-state index in [0.717, 1.165) is 41.5 Å². The van der Waals surface area contributed by atoms with Crippen LogP contribution in [-0.4, -0.2) is 47.1 Å². The number of carbonyl (C=O) groups is 1. The van der Waals surface area contributed by atoms with Crippen LogP contribution in [0.3, 0.4) is 0 Å². The number of pyridine rings is 2. The first kappa shape index (κ1) is 19.2. The van der Waals surface area contributed by atoms with Crippen LogP contribution in [-0.2, 0) is 11.2 Å². The molecule has 29 heavy (non-hydrogen) atoms. The van der Waals surface area contributed by atoms with Gasteiger partial charge in [-0.3, -0.25) is 19.8 Å². The summed E-state index contributed by atoms with van der Waals surface area (Å²) in [7, 11) is 1.78. The zero-order valence-corrected chi connectivity index (χ0v) is 17.0. The minimum atomic E-state index is 0.173. The van der Waals surface area contributed by atoms with E-state index in [9.17, 15) is 4.79 Å². The Morgan fingerprint density at radius 3 is 2.86 bits per heavy atom. The van der Waals surface area contributed by atoms with Gasteiger partial charge in [0.15, 0.2) is 0 Å². The summed E-state index contributed by atoms with van der Waals surface area (Å²) in [4.78, 5) is 27.9. The molecule has 0 aliphatic carbocycles. The molecule has 2 atom stereocenters. The van der Waals surface area contributed by atoms with Crippen molar-refractivity contribution in [3.05, 3.63) is 71.7 Å². The lowest BCUT2D eigenvalue weighted by Gasteiger charge is -2.37. The standard InChI is InChI=1S/C24H26N4O/c1-17-11-20(16-28(15-17)23(29)12-18-5-3-9-26-13-18)21-8-7-19(14-25-2)24-22(21)6-4-10-27-24/h3-10,13-14,17,20H,11-12,15-16H2,1-2H3/b25-14-/t17-,20+/m1/s1. The highest BCUT2D eigenvalue weighted by Gasteiger charge is 2.29. The zero-order valence-electron chi connectivity index (χ0n) is 17.0. The average molecular weight is 386 g/mol. The molecule has 1 aliphatic heterocycles. The molecule has 0 N–H and O–H groups in total. The molecule has 1 fully saturated rings. The summed E-state index contributed by atoms with van der Waals surface area (Å²) in [6.45, 7) is 3.79. The van der Waals surface area contributed by atoms with Gasteiger partial charge >= 0.3 is 0 Å². The third kappa shape index (κ3) is 4.19. The van der Waals surface area contributed by atoms with E-state index in [2.05, 4.69) is 40.1 Å². The van der Waals surface area contributed by atoms with Crippen molar-refractivity contribution in [2.75, 3.05) is 20.1 Å². The maximum absolute atomic E-state index is 13.0. The van der Waals surface area contributed by atoms with Crippen LogP contribution in [0.5, 0.6) is 0 Å². The summed E-state index contributed by atoms with van der Waals surface area (Å²) >= 11 is 0. The zero-order chi connectivity index (χ0) is 20.2. The predicted molar refractivity (Wildman–Crippen MR) is 116 cm³/mol. The second-order valence-electron chi connectivity index (χ2n) is 7.91. The van der Waals surface area contributed by atoms with Crippen LogP contribution in [0, 0.1) is 5.92 Å². The first-order chi connectivity index (χ1) is 14.2. The van der Waals surface area contributed by atoms with Gasteiger partial charge in [-0.2, -0.15) is 0 Å². The molecule has 0 radical (unpaired) electrons. The third-order valence-corrected chi connectivity index (χ3v) is 5.63. The van der Waals surface area contributed by atoms with Crippen molar-refractivity contribution in [2.24, 2.45) is 10.9 Å². The molecule has 3 aromatic rings. The second kappa shape index (κ2) is 8.52. The highest BCUT2D eigenvalue weighted by atomic mass is 16.2. The maximum Gasteiger partial charge on any atom is 0.227 e. The van der Waals surface area contributed by atoms with Crippen molar-refractivity contribution in [1.29, 1.82) is 0 Å². The Balaban J connectivity index is 1.62. The van der Waals surface area contributed by atoms with Gasteiger partial charge in [0.2, 0.25) is 5.91 Å². The molecule has 1 aliphatic rings. The lowest BCUT2D eigenvalue weighted by molar-refractivity contribution is -0.132. The van der Waals surface area contributed by atoms with Crippen molar-refractivity contribution in [3.8, 4) is 0 Å². The van der Waals surface area contributed by atoms with Crippen LogP contribution in [0.2, 0.25) is 0 Å². The van der Waals surface area contributed by atoms with Gasteiger partial charge in [0.05, 0.1) is 11.9 Å². The number of fused-ring (bicyclic) bond motifs is 1. The van der Waals surface area contributed by atoms with E-state index >= 15 is 0 Å². The van der Waals surface area contributed by atoms with Crippen LogP contribution in [0.4, 0.5) is 0 Å². The molecule has 1 amide bonds. The van der Waals surface area contributed by atoms with Gasteiger partial charge < -0.3 is 4.90 Å². The molecule has 0 saturated carbocycles. The number of amides is 1. The molecule has 5 nitrogen and oxygen atoms in total. The summed E-state index contributed by atoms with van der Waals surface area (Å²) in [5.74, 6) is 0.929. The summed E-state index contributed by atoms with van der Waals surface area (Å²) in [6, 6.07) is 12.2. The molecule has 0 bridgehead atoms. The van der Waals surface area contributed by atoms with Crippen molar-refractivity contribution < 1.29 is 4.79 Å². The monoisotopic (exact) mass is 386 g/mol. The molecule has 4 rings (SSSR count). The molecule has 0 unspecified atom stereocenters. The number of piperidine rings is 1. The normalized spacial score (nSPS) is 19.7. The van der Waals surface area contributed by atoms with Crippen molar-refractivity contribution in [2.45, 2.75) is 25.7 Å². The van der Waals surface area contributed by atoms with Gasteiger partial charge in [-0.1, -0.05) is 31.2 Å². The first-order valence-electron chi connectivity index (χ1n) is 10.1. The van der Waals surface area contributed by atoms with Gasteiger partial charge in [-0.15, -0.1) is 0 Å². The smallest absolute Gasteiger partial charge is 0.227 e. The largest absolute Gasteiger partial charge is 0.342 e. The number of aromatic nitrogens is 2. The van der Waals surface area contributed by atoms with Crippen LogP contribution in [0.1, 0.15) is 36.0 Å². The molecule has 1 aromatic carbocycles. The Morgan fingerprint density at radius 2 is 2.07 bits per heavy atom. The van der Waals surface area contributed by atoms with Crippen molar-refractivity contribution in [3.63, 3.8) is 0 Å². The molecule has 0 spiro atoms. The molecule has 3 heterocycles. The van der Waals surface area contributed by atoms with E-state index in [-0.39, 0.29) is 5.91 Å². The van der Waals surface area contributed by atoms with Gasteiger partial charge in [0, 0.05) is 61.8 Å². The fourth-order valence-electron chi connectivity index (χ4n) is 4.39. The number of aliphatic imine (C=N–C) groups is 1. The Hall–Kier alpha value is -3.08. The Labute approximate surface area is 171 Å². The minimum Gasteiger partial charge on any atom is -0.342 e. The number of benzene rings is 1. The van der Waals surface area contributed by atoms with E-state index in [4.69, 9.17) is 0 Å². The van der Waals surface area contributed by atoms with E-state index in [1.165, 1.54) is 5.56 Å². The third-order valence-electron chi connectivity index (χ3n) is 5.63. The number of hydrogen-bond acceptors (Lipinski definition) is 4. The van der Waals surface area contributed by atoms with Crippen LogP contribution >= 0.6 is 0 Å². The fraction of sp³-hybridized carbons (Fsp3) is 0.333. The first-order valence-corrected chi connectivity index (χ1v) is 10.1. The van der Waals surface area contributed by atoms with Crippen LogP contribution in [0.25, 0.3) is 10.9 Å². The molecule has 5 heteroatoms. The van der Waals surface area contributed by atoms with E-state index in [1.54, 1.807) is 19.4 Å². The van der Waals surface area contributed by atoms with Gasteiger partial charge in [0.25, 0.3) is 0 Å². The highest BCUT2D eigenvalue weighted by molar-refractivity contribution is 5.99. The number of rotatable bonds is 4. The number of hydrogen-bond donors (Lipinski definition) is 0. The van der Waals surface area contributed by atoms with Gasteiger partial charge in [0.1, 0.15) is 0 Å². The SMILES string of the molecule is C/N=C\c1ccc([C@H]2C[C@@H](C)CN(C(=O)Cc3cccnc3)C2)c2cccnc12. The van der Waals surface area contributed by atoms with E-state index < -0.39 is 0 Å². The number of carbonyl (C=O) groups excluding carboxylic acids is 1. The summed E-state index contributed by atoms with van der Waals surface area (Å²) < 4.78 is 0. The minimum absolute atomic E-state index is 0.173. The number of nitrogens with zero attached hydrogens (tertiary/aromatic N) is 4. The van der Waals surface area contributed by atoms with Crippen LogP contribution in [0.15, 0.2) is 60.0 Å². The Bertz CT molecular complexity index is 1030. The lowest BCUT2D eigenvalue weighted by atomic mass is 9.83. The molecule has 1 saturated heterocycles.